The third kappa shape index (κ3) is 3.70. The average Bonchev–Trinajstić information content (AvgIpc) is 3.05. The zero-order chi connectivity index (χ0) is 16.4. The zero-order valence-electron chi connectivity index (χ0n) is 13.7. The predicted molar refractivity (Wildman–Crippen MR) is 102 cm³/mol. The molecular formula is C20H22BrN3. The van der Waals surface area contributed by atoms with Crippen LogP contribution in [0.25, 0.3) is 10.9 Å². The number of hydrogen-bond donors (Lipinski definition) is 1. The van der Waals surface area contributed by atoms with Gasteiger partial charge >= 0.3 is 0 Å². The summed E-state index contributed by atoms with van der Waals surface area (Å²) in [6, 6.07) is 15.4. The lowest BCUT2D eigenvalue weighted by molar-refractivity contribution is 0.167. The van der Waals surface area contributed by atoms with Crippen molar-refractivity contribution in [1.82, 2.24) is 15.1 Å². The molecule has 124 valence electrons. The number of aromatic nitrogens is 2. The second-order valence-electron chi connectivity index (χ2n) is 6.87. The highest BCUT2D eigenvalue weighted by atomic mass is 79.9. The van der Waals surface area contributed by atoms with Gasteiger partial charge < -0.3 is 0 Å². The largest absolute Gasteiger partial charge is 0.299 e. The Kier molecular flexibility index (Phi) is 4.67. The van der Waals surface area contributed by atoms with Gasteiger partial charge in [0.1, 0.15) is 0 Å². The molecule has 0 saturated carbocycles. The number of hydrogen-bond acceptors (Lipinski definition) is 2. The lowest BCUT2D eigenvalue weighted by Gasteiger charge is -2.33. The number of fused-ring (bicyclic) bond motifs is 1. The van der Waals surface area contributed by atoms with Crippen LogP contribution in [0.2, 0.25) is 0 Å². The van der Waals surface area contributed by atoms with Crippen molar-refractivity contribution in [2.75, 3.05) is 13.1 Å². The Balaban J connectivity index is 1.39. The first kappa shape index (κ1) is 15.9. The molecule has 1 aliphatic heterocycles. The molecule has 3 aromatic rings. The quantitative estimate of drug-likeness (QED) is 0.702. The summed E-state index contributed by atoms with van der Waals surface area (Å²) in [5.41, 5.74) is 3.96. The van der Waals surface area contributed by atoms with Gasteiger partial charge in [0.25, 0.3) is 0 Å². The molecule has 0 aliphatic carbocycles. The summed E-state index contributed by atoms with van der Waals surface area (Å²) in [5.74, 6) is 0.749. The van der Waals surface area contributed by atoms with E-state index in [4.69, 9.17) is 0 Å². The molecule has 4 heteroatoms. The van der Waals surface area contributed by atoms with Gasteiger partial charge in [-0.2, -0.15) is 5.10 Å². The summed E-state index contributed by atoms with van der Waals surface area (Å²) in [6.45, 7) is 3.47. The second-order valence-corrected chi connectivity index (χ2v) is 7.78. The Morgan fingerprint density at radius 3 is 2.83 bits per heavy atom. The van der Waals surface area contributed by atoms with Crippen molar-refractivity contribution in [2.45, 2.75) is 25.8 Å². The minimum Gasteiger partial charge on any atom is -0.299 e. The normalized spacial score (nSPS) is 19.0. The molecule has 1 atom stereocenters. The van der Waals surface area contributed by atoms with Crippen molar-refractivity contribution in [1.29, 1.82) is 0 Å². The molecule has 1 N–H and O–H groups in total. The first-order chi connectivity index (χ1) is 11.8. The lowest BCUT2D eigenvalue weighted by atomic mass is 9.90. The number of halogens is 1. The van der Waals surface area contributed by atoms with Crippen LogP contribution in [-0.4, -0.2) is 28.2 Å². The van der Waals surface area contributed by atoms with Crippen LogP contribution >= 0.6 is 15.9 Å². The Bertz CT molecular complexity index is 809. The van der Waals surface area contributed by atoms with Gasteiger partial charge in [0.15, 0.2) is 0 Å². The minimum absolute atomic E-state index is 0.749. The summed E-state index contributed by atoms with van der Waals surface area (Å²) in [4.78, 5) is 2.60. The SMILES string of the molecule is Brc1ccc(CN2CCC[C@H](Cc3ccc4[nH]ncc4c3)C2)cc1. The van der Waals surface area contributed by atoms with E-state index in [0.717, 1.165) is 28.9 Å². The van der Waals surface area contributed by atoms with E-state index >= 15 is 0 Å². The number of rotatable bonds is 4. The fraction of sp³-hybridized carbons (Fsp3) is 0.350. The van der Waals surface area contributed by atoms with Crippen molar-refractivity contribution in [2.24, 2.45) is 5.92 Å². The van der Waals surface area contributed by atoms with Crippen molar-refractivity contribution < 1.29 is 0 Å². The van der Waals surface area contributed by atoms with Gasteiger partial charge in [-0.1, -0.05) is 34.1 Å². The van der Waals surface area contributed by atoms with E-state index in [-0.39, 0.29) is 0 Å². The number of H-pyrrole nitrogens is 1. The molecule has 1 aliphatic rings. The van der Waals surface area contributed by atoms with E-state index in [9.17, 15) is 0 Å². The Morgan fingerprint density at radius 1 is 1.12 bits per heavy atom. The van der Waals surface area contributed by atoms with Gasteiger partial charge in [-0.3, -0.25) is 10.00 Å². The Labute approximate surface area is 151 Å². The van der Waals surface area contributed by atoms with Crippen LogP contribution in [0.3, 0.4) is 0 Å². The van der Waals surface area contributed by atoms with Gasteiger partial charge in [0, 0.05) is 22.9 Å². The maximum atomic E-state index is 4.12. The predicted octanol–water partition coefficient (Wildman–Crippen LogP) is 4.78. The summed E-state index contributed by atoms with van der Waals surface area (Å²) < 4.78 is 1.15. The zero-order valence-corrected chi connectivity index (χ0v) is 15.3. The molecular weight excluding hydrogens is 362 g/mol. The van der Waals surface area contributed by atoms with E-state index in [2.05, 4.69) is 73.5 Å². The Hall–Kier alpha value is -1.65. The van der Waals surface area contributed by atoms with Crippen LogP contribution in [0.1, 0.15) is 24.0 Å². The molecule has 0 unspecified atom stereocenters. The van der Waals surface area contributed by atoms with E-state index in [1.165, 1.54) is 42.4 Å². The molecule has 1 saturated heterocycles. The highest BCUT2D eigenvalue weighted by Crippen LogP contribution is 2.24. The lowest BCUT2D eigenvalue weighted by Crippen LogP contribution is -2.35. The third-order valence-corrected chi connectivity index (χ3v) is 5.48. The number of nitrogens with one attached hydrogen (secondary N) is 1. The molecule has 0 bridgehead atoms. The highest BCUT2D eigenvalue weighted by molar-refractivity contribution is 9.10. The van der Waals surface area contributed by atoms with Crippen LogP contribution in [0, 0.1) is 5.92 Å². The van der Waals surface area contributed by atoms with Gasteiger partial charge in [-0.15, -0.1) is 0 Å². The molecule has 2 aromatic carbocycles. The van der Waals surface area contributed by atoms with Crippen LogP contribution in [0.15, 0.2) is 53.1 Å². The molecule has 0 amide bonds. The smallest absolute Gasteiger partial charge is 0.0650 e. The summed E-state index contributed by atoms with van der Waals surface area (Å²) >= 11 is 3.51. The maximum Gasteiger partial charge on any atom is 0.0650 e. The molecule has 2 heterocycles. The van der Waals surface area contributed by atoms with E-state index < -0.39 is 0 Å². The van der Waals surface area contributed by atoms with Crippen LogP contribution in [-0.2, 0) is 13.0 Å². The number of likely N-dealkylation sites (tertiary alicyclic amines) is 1. The fourth-order valence-electron chi connectivity index (χ4n) is 3.76. The van der Waals surface area contributed by atoms with E-state index in [1.807, 2.05) is 6.20 Å². The fourth-order valence-corrected chi connectivity index (χ4v) is 4.03. The maximum absolute atomic E-state index is 4.12. The second kappa shape index (κ2) is 7.08. The van der Waals surface area contributed by atoms with Crippen molar-refractivity contribution in [3.63, 3.8) is 0 Å². The topological polar surface area (TPSA) is 31.9 Å². The molecule has 0 spiro atoms. The van der Waals surface area contributed by atoms with Gasteiger partial charge in [0.2, 0.25) is 0 Å². The molecule has 1 fully saturated rings. The monoisotopic (exact) mass is 383 g/mol. The van der Waals surface area contributed by atoms with Crippen LogP contribution in [0.5, 0.6) is 0 Å². The molecule has 1 aromatic heterocycles. The summed E-state index contributed by atoms with van der Waals surface area (Å²) in [7, 11) is 0. The number of benzene rings is 2. The number of aromatic amines is 1. The first-order valence-electron chi connectivity index (χ1n) is 8.65. The number of piperidine rings is 1. The highest BCUT2D eigenvalue weighted by Gasteiger charge is 2.20. The van der Waals surface area contributed by atoms with Crippen molar-refractivity contribution in [3.8, 4) is 0 Å². The summed E-state index contributed by atoms with van der Waals surface area (Å²) in [5, 5.41) is 8.36. The molecule has 4 rings (SSSR count). The first-order valence-corrected chi connectivity index (χ1v) is 9.44. The third-order valence-electron chi connectivity index (χ3n) is 4.95. The summed E-state index contributed by atoms with van der Waals surface area (Å²) in [6.07, 6.45) is 5.72. The molecule has 24 heavy (non-hydrogen) atoms. The standard InChI is InChI=1S/C20H22BrN3/c21-19-6-3-15(4-7-19)13-24-9-1-2-17(14-24)10-16-5-8-20-18(11-16)12-22-23-20/h3-8,11-12,17H,1-2,9-10,13-14H2,(H,22,23)/t17-/m1/s1. The molecule has 0 radical (unpaired) electrons. The van der Waals surface area contributed by atoms with Crippen LogP contribution in [0.4, 0.5) is 0 Å². The van der Waals surface area contributed by atoms with Gasteiger partial charge in [-0.05, 0) is 67.1 Å². The van der Waals surface area contributed by atoms with E-state index in [0.29, 0.717) is 0 Å². The van der Waals surface area contributed by atoms with Crippen molar-refractivity contribution >= 4 is 26.8 Å². The number of nitrogens with zero attached hydrogens (tertiary/aromatic N) is 2. The van der Waals surface area contributed by atoms with Crippen LogP contribution < -0.4 is 0 Å². The van der Waals surface area contributed by atoms with Crippen molar-refractivity contribution in [3.05, 3.63) is 64.3 Å². The van der Waals surface area contributed by atoms with Gasteiger partial charge in [0.05, 0.1) is 11.7 Å². The average molecular weight is 384 g/mol. The van der Waals surface area contributed by atoms with Gasteiger partial charge in [-0.25, -0.2) is 0 Å². The minimum atomic E-state index is 0.749. The Morgan fingerprint density at radius 2 is 1.96 bits per heavy atom. The van der Waals surface area contributed by atoms with E-state index in [1.54, 1.807) is 0 Å². The molecule has 3 nitrogen and oxygen atoms in total.